The van der Waals surface area contributed by atoms with E-state index in [4.69, 9.17) is 18.5 Å². The van der Waals surface area contributed by atoms with E-state index in [1.807, 2.05) is 21.1 Å². The number of unbranched alkanes of at least 4 members (excludes halogenated alkanes) is 52. The van der Waals surface area contributed by atoms with Gasteiger partial charge in [0, 0.05) is 12.8 Å². The van der Waals surface area contributed by atoms with Crippen LogP contribution in [-0.4, -0.2) is 70.0 Å². The molecule has 0 aromatic heterocycles. The van der Waals surface area contributed by atoms with Crippen LogP contribution in [0, 0.1) is 0 Å². The molecule has 0 saturated heterocycles. The van der Waals surface area contributed by atoms with Gasteiger partial charge in [0.05, 0.1) is 27.7 Å². The summed E-state index contributed by atoms with van der Waals surface area (Å²) < 4.78 is 34.4. The predicted octanol–water partition coefficient (Wildman–Crippen LogP) is 25.3. The minimum Gasteiger partial charge on any atom is -0.756 e. The number of esters is 2. The number of phosphoric ester groups is 1. The molecular formula is C80H152NO8P. The lowest BCUT2D eigenvalue weighted by molar-refractivity contribution is -0.870. The van der Waals surface area contributed by atoms with Gasteiger partial charge in [0.2, 0.25) is 0 Å². The van der Waals surface area contributed by atoms with Crippen molar-refractivity contribution in [3.05, 3.63) is 48.6 Å². The Morgan fingerprint density at radius 3 is 0.900 bits per heavy atom. The normalized spacial score (nSPS) is 13.3. The fraction of sp³-hybridized carbons (Fsp3) is 0.875. The molecule has 0 radical (unpaired) electrons. The minimum atomic E-state index is -4.64. The van der Waals surface area contributed by atoms with E-state index in [9.17, 15) is 19.0 Å². The van der Waals surface area contributed by atoms with Crippen LogP contribution in [0.4, 0.5) is 0 Å². The Hall–Kier alpha value is -2.03. The number of likely N-dealkylation sites (N-methyl/N-ethyl adjacent to an activating group) is 1. The first-order valence-electron chi connectivity index (χ1n) is 39.3. The van der Waals surface area contributed by atoms with Gasteiger partial charge in [-0.15, -0.1) is 0 Å². The monoisotopic (exact) mass is 1290 g/mol. The number of nitrogens with zero attached hydrogens (tertiary/aromatic N) is 1. The van der Waals surface area contributed by atoms with Gasteiger partial charge in [0.15, 0.2) is 6.10 Å². The SMILES string of the molecule is CCCCCCC/C=C\C/C=C\C/C=C\CCCCCCCCCCCCCCCCC(=O)OC(COC(=O)CCCCCCCCCCCCCCCCCCCCCCCCCCC/C=C\CCCCCCCCCC)COP(=O)([O-])OCC[N+](C)(C)C. The second-order valence-corrected chi connectivity index (χ2v) is 29.5. The topological polar surface area (TPSA) is 111 Å². The first kappa shape index (κ1) is 88.0. The fourth-order valence-electron chi connectivity index (χ4n) is 11.8. The molecule has 10 heteroatoms. The lowest BCUT2D eigenvalue weighted by Gasteiger charge is -2.28. The molecule has 0 aliphatic carbocycles. The van der Waals surface area contributed by atoms with E-state index < -0.39 is 26.5 Å². The summed E-state index contributed by atoms with van der Waals surface area (Å²) in [4.78, 5) is 38.1. The molecule has 2 unspecified atom stereocenters. The smallest absolute Gasteiger partial charge is 0.306 e. The number of quaternary nitrogens is 1. The molecule has 90 heavy (non-hydrogen) atoms. The van der Waals surface area contributed by atoms with Crippen LogP contribution in [0.5, 0.6) is 0 Å². The molecule has 0 fully saturated rings. The minimum absolute atomic E-state index is 0.0291. The van der Waals surface area contributed by atoms with E-state index in [1.165, 1.54) is 315 Å². The third-order valence-electron chi connectivity index (χ3n) is 17.8. The highest BCUT2D eigenvalue weighted by molar-refractivity contribution is 7.45. The number of ether oxygens (including phenoxy) is 2. The van der Waals surface area contributed by atoms with Crippen LogP contribution in [0.25, 0.3) is 0 Å². The first-order valence-corrected chi connectivity index (χ1v) is 40.8. The number of rotatable bonds is 74. The summed E-state index contributed by atoms with van der Waals surface area (Å²) in [6.07, 6.45) is 93.8. The average Bonchev–Trinajstić information content (AvgIpc) is 3.58. The molecule has 0 rings (SSSR count). The third kappa shape index (κ3) is 75.0. The molecule has 0 spiro atoms. The van der Waals surface area contributed by atoms with Crippen molar-refractivity contribution < 1.29 is 42.1 Å². The van der Waals surface area contributed by atoms with Gasteiger partial charge in [-0.25, -0.2) is 0 Å². The third-order valence-corrected chi connectivity index (χ3v) is 18.8. The average molecular weight is 1290 g/mol. The van der Waals surface area contributed by atoms with E-state index in [1.54, 1.807) is 0 Å². The van der Waals surface area contributed by atoms with Crippen molar-refractivity contribution >= 4 is 19.8 Å². The summed E-state index contributed by atoms with van der Waals surface area (Å²) in [6, 6.07) is 0. The van der Waals surface area contributed by atoms with Gasteiger partial charge in [-0.05, 0) is 77.0 Å². The second kappa shape index (κ2) is 71.3. The van der Waals surface area contributed by atoms with Crippen LogP contribution in [0.3, 0.4) is 0 Å². The van der Waals surface area contributed by atoms with Crippen LogP contribution in [0.2, 0.25) is 0 Å². The standard InChI is InChI=1S/C80H152NO8P/c1-6-8-10-12-14-16-18-20-22-24-26-28-30-32-34-36-37-38-39-40-41-42-43-45-46-48-50-52-54-56-58-60-62-64-66-68-70-72-79(82)86-76-78(77-88-90(84,85)87-75-74-81(3,4)5)89-80(83)73-71-69-67-65-63-61-59-57-55-53-51-49-47-44-35-33-31-29-27-25-23-21-19-17-15-13-11-9-7-2/h19,21,24-27,31,33,78H,6-18,20,22-23,28-30,32,34-77H2,1-5H3/b21-19-,26-24-,27-25-,33-31-. The van der Waals surface area contributed by atoms with Gasteiger partial charge >= 0.3 is 11.9 Å². The van der Waals surface area contributed by atoms with E-state index in [2.05, 4.69) is 62.5 Å². The Kier molecular flexibility index (Phi) is 69.7. The number of allylic oxidation sites excluding steroid dienone is 8. The second-order valence-electron chi connectivity index (χ2n) is 28.1. The quantitative estimate of drug-likeness (QED) is 0.0195. The predicted molar refractivity (Wildman–Crippen MR) is 388 cm³/mol. The Morgan fingerprint density at radius 1 is 0.344 bits per heavy atom. The highest BCUT2D eigenvalue weighted by Gasteiger charge is 2.22. The molecule has 0 amide bonds. The highest BCUT2D eigenvalue weighted by Crippen LogP contribution is 2.38. The largest absolute Gasteiger partial charge is 0.756 e. The number of hydrogen-bond donors (Lipinski definition) is 0. The number of carbonyl (C=O) groups excluding carboxylic acids is 2. The lowest BCUT2D eigenvalue weighted by atomic mass is 10.0. The van der Waals surface area contributed by atoms with Crippen LogP contribution < -0.4 is 4.89 Å². The van der Waals surface area contributed by atoms with Gasteiger partial charge in [-0.2, -0.15) is 0 Å². The van der Waals surface area contributed by atoms with Gasteiger partial charge in [0.25, 0.3) is 7.82 Å². The molecule has 0 bridgehead atoms. The molecule has 0 aromatic carbocycles. The van der Waals surface area contributed by atoms with Crippen LogP contribution >= 0.6 is 7.82 Å². The maximum Gasteiger partial charge on any atom is 0.306 e. The van der Waals surface area contributed by atoms with Crippen molar-refractivity contribution in [2.24, 2.45) is 0 Å². The summed E-state index contributed by atoms with van der Waals surface area (Å²) in [5.74, 6) is -0.813. The van der Waals surface area contributed by atoms with Crippen LogP contribution in [0.1, 0.15) is 399 Å². The zero-order valence-electron chi connectivity index (χ0n) is 60.6. The summed E-state index contributed by atoms with van der Waals surface area (Å²) in [5, 5.41) is 0. The van der Waals surface area contributed by atoms with E-state index in [0.29, 0.717) is 17.4 Å². The molecule has 0 saturated carbocycles. The lowest BCUT2D eigenvalue weighted by Crippen LogP contribution is -2.37. The highest BCUT2D eigenvalue weighted by atomic mass is 31.2. The molecule has 0 aliphatic heterocycles. The molecule has 9 nitrogen and oxygen atoms in total. The molecule has 2 atom stereocenters. The fourth-order valence-corrected chi connectivity index (χ4v) is 12.5. The molecule has 530 valence electrons. The number of phosphoric acid groups is 1. The number of carbonyl (C=O) groups is 2. The maximum absolute atomic E-state index is 12.9. The Bertz CT molecular complexity index is 1660. The van der Waals surface area contributed by atoms with Gasteiger partial charge in [0.1, 0.15) is 19.8 Å². The van der Waals surface area contributed by atoms with Crippen molar-refractivity contribution in [2.75, 3.05) is 47.5 Å². The Morgan fingerprint density at radius 2 is 0.600 bits per heavy atom. The zero-order chi connectivity index (χ0) is 65.5. The molecular weight excluding hydrogens is 1130 g/mol. The van der Waals surface area contributed by atoms with Gasteiger partial charge in [-0.3, -0.25) is 14.2 Å². The Balaban J connectivity index is 3.92. The van der Waals surface area contributed by atoms with Gasteiger partial charge in [-0.1, -0.05) is 358 Å². The van der Waals surface area contributed by atoms with Crippen LogP contribution in [-0.2, 0) is 32.7 Å². The summed E-state index contributed by atoms with van der Waals surface area (Å²) >= 11 is 0. The molecule has 0 N–H and O–H groups in total. The van der Waals surface area contributed by atoms with Crippen molar-refractivity contribution in [3.8, 4) is 0 Å². The summed E-state index contributed by atoms with van der Waals surface area (Å²) in [5.41, 5.74) is 0. The molecule has 0 aliphatic rings. The first-order chi connectivity index (χ1) is 44.0. The van der Waals surface area contributed by atoms with E-state index in [-0.39, 0.29) is 32.0 Å². The number of hydrogen-bond acceptors (Lipinski definition) is 8. The van der Waals surface area contributed by atoms with Crippen molar-refractivity contribution in [1.82, 2.24) is 0 Å². The van der Waals surface area contributed by atoms with Crippen molar-refractivity contribution in [1.29, 1.82) is 0 Å². The van der Waals surface area contributed by atoms with E-state index in [0.717, 1.165) is 51.4 Å². The summed E-state index contributed by atoms with van der Waals surface area (Å²) in [7, 11) is 1.18. The van der Waals surface area contributed by atoms with E-state index >= 15 is 0 Å². The maximum atomic E-state index is 12.9. The summed E-state index contributed by atoms with van der Waals surface area (Å²) in [6.45, 7) is 4.30. The van der Waals surface area contributed by atoms with Crippen molar-refractivity contribution in [2.45, 2.75) is 405 Å². The Labute approximate surface area is 560 Å². The van der Waals surface area contributed by atoms with Gasteiger partial charge < -0.3 is 27.9 Å². The molecule has 0 heterocycles. The molecule has 0 aromatic rings. The van der Waals surface area contributed by atoms with Crippen molar-refractivity contribution in [3.63, 3.8) is 0 Å². The zero-order valence-corrected chi connectivity index (χ0v) is 61.5. The van der Waals surface area contributed by atoms with Crippen LogP contribution in [0.15, 0.2) is 48.6 Å².